The van der Waals surface area contributed by atoms with Crippen LogP contribution in [0.25, 0.3) is 6.08 Å². The molecule has 0 aliphatic carbocycles. The molecule has 0 saturated carbocycles. The largest absolute Gasteiger partial charge is 0.349 e. The van der Waals surface area contributed by atoms with Gasteiger partial charge in [-0.3, -0.25) is 14.3 Å². The summed E-state index contributed by atoms with van der Waals surface area (Å²) in [6.45, 7) is 8.74. The van der Waals surface area contributed by atoms with Gasteiger partial charge in [0.25, 0.3) is 5.91 Å². The van der Waals surface area contributed by atoms with E-state index in [-0.39, 0.29) is 11.5 Å². The van der Waals surface area contributed by atoms with Crippen molar-refractivity contribution in [3.63, 3.8) is 0 Å². The van der Waals surface area contributed by atoms with E-state index in [1.165, 1.54) is 0 Å². The summed E-state index contributed by atoms with van der Waals surface area (Å²) in [6, 6.07) is 12.0. The number of aryl methyl sites for hydroxylation is 1. The fraction of sp³-hybridized carbons (Fsp3) is 0.280. The van der Waals surface area contributed by atoms with E-state index < -0.39 is 11.9 Å². The lowest BCUT2D eigenvalue weighted by atomic mass is 10.1. The summed E-state index contributed by atoms with van der Waals surface area (Å²) in [7, 11) is 0. The minimum Gasteiger partial charge on any atom is -0.349 e. The zero-order valence-electron chi connectivity index (χ0n) is 19.3. The lowest BCUT2D eigenvalue weighted by molar-refractivity contribution is -0.119. The first kappa shape index (κ1) is 23.5. The summed E-state index contributed by atoms with van der Waals surface area (Å²) in [5, 5.41) is 19.2. The van der Waals surface area contributed by atoms with Crippen LogP contribution in [0.3, 0.4) is 0 Å². The predicted molar refractivity (Wildman–Crippen MR) is 128 cm³/mol. The van der Waals surface area contributed by atoms with Crippen molar-refractivity contribution in [2.45, 2.75) is 46.7 Å². The van der Waals surface area contributed by atoms with Crippen LogP contribution < -0.4 is 10.6 Å². The standard InChI is InChI=1S/C25H28N6O2/c1-5-11-30-17(2)13-20(18(30)3)14-21(16-26)25(33)29-23-9-6-8-22(15-23)28-24(32)19(4)31-12-7-10-27-31/h6-10,12-15,19H,5,11H2,1-4H3,(H,28,32)(H,29,33)/b21-14+. The van der Waals surface area contributed by atoms with Crippen LogP contribution in [-0.4, -0.2) is 26.2 Å². The second-order valence-electron chi connectivity index (χ2n) is 7.83. The van der Waals surface area contributed by atoms with Crippen LogP contribution in [0.5, 0.6) is 0 Å². The van der Waals surface area contributed by atoms with E-state index in [0.717, 1.165) is 29.9 Å². The molecule has 0 aliphatic heterocycles. The van der Waals surface area contributed by atoms with E-state index in [2.05, 4.69) is 27.2 Å². The highest BCUT2D eigenvalue weighted by Crippen LogP contribution is 2.21. The third kappa shape index (κ3) is 5.57. The van der Waals surface area contributed by atoms with Gasteiger partial charge >= 0.3 is 0 Å². The van der Waals surface area contributed by atoms with Crippen molar-refractivity contribution >= 4 is 29.3 Å². The molecule has 1 aromatic carbocycles. The van der Waals surface area contributed by atoms with Crippen molar-refractivity contribution in [2.24, 2.45) is 0 Å². The quantitative estimate of drug-likeness (QED) is 0.395. The van der Waals surface area contributed by atoms with Gasteiger partial charge in [0.2, 0.25) is 5.91 Å². The van der Waals surface area contributed by atoms with Crippen LogP contribution in [-0.2, 0) is 16.1 Å². The summed E-state index contributed by atoms with van der Waals surface area (Å²) in [6.07, 6.45) is 5.94. The van der Waals surface area contributed by atoms with Gasteiger partial charge in [-0.2, -0.15) is 10.4 Å². The van der Waals surface area contributed by atoms with Crippen molar-refractivity contribution in [2.75, 3.05) is 10.6 Å². The number of hydrogen-bond acceptors (Lipinski definition) is 4. The number of aromatic nitrogens is 3. The van der Waals surface area contributed by atoms with Gasteiger partial charge in [0.05, 0.1) is 0 Å². The first-order valence-corrected chi connectivity index (χ1v) is 10.8. The smallest absolute Gasteiger partial charge is 0.266 e. The van der Waals surface area contributed by atoms with Crippen LogP contribution in [0.1, 0.15) is 43.3 Å². The normalized spacial score (nSPS) is 12.2. The van der Waals surface area contributed by atoms with Crippen LogP contribution in [0.15, 0.2) is 54.4 Å². The summed E-state index contributed by atoms with van der Waals surface area (Å²) in [5.74, 6) is -0.742. The van der Waals surface area contributed by atoms with E-state index in [9.17, 15) is 14.9 Å². The Labute approximate surface area is 193 Å². The number of amides is 2. The maximum Gasteiger partial charge on any atom is 0.266 e. The molecule has 3 rings (SSSR count). The minimum atomic E-state index is -0.508. The van der Waals surface area contributed by atoms with Crippen molar-refractivity contribution in [1.29, 1.82) is 5.26 Å². The molecule has 2 N–H and O–H groups in total. The number of nitrogens with zero attached hydrogens (tertiary/aromatic N) is 4. The summed E-state index contributed by atoms with van der Waals surface area (Å²) in [5.41, 5.74) is 3.97. The van der Waals surface area contributed by atoms with Crippen molar-refractivity contribution in [1.82, 2.24) is 14.3 Å². The Balaban J connectivity index is 1.73. The van der Waals surface area contributed by atoms with E-state index in [4.69, 9.17) is 0 Å². The number of hydrogen-bond donors (Lipinski definition) is 2. The number of carbonyl (C=O) groups is 2. The van der Waals surface area contributed by atoms with Gasteiger partial charge in [0.15, 0.2) is 0 Å². The van der Waals surface area contributed by atoms with Gasteiger partial charge in [-0.1, -0.05) is 13.0 Å². The molecule has 1 unspecified atom stereocenters. The number of anilines is 2. The Kier molecular flexibility index (Phi) is 7.46. The number of rotatable bonds is 8. The maximum atomic E-state index is 12.8. The summed E-state index contributed by atoms with van der Waals surface area (Å²) >= 11 is 0. The number of nitrogens with one attached hydrogen (secondary N) is 2. The summed E-state index contributed by atoms with van der Waals surface area (Å²) < 4.78 is 3.73. The molecule has 0 radical (unpaired) electrons. The molecule has 2 amide bonds. The van der Waals surface area contributed by atoms with Crippen molar-refractivity contribution < 1.29 is 9.59 Å². The highest BCUT2D eigenvalue weighted by molar-refractivity contribution is 6.10. The van der Waals surface area contributed by atoms with E-state index in [0.29, 0.717) is 11.4 Å². The molecule has 0 bridgehead atoms. The summed E-state index contributed by atoms with van der Waals surface area (Å²) in [4.78, 5) is 25.3. The Bertz CT molecular complexity index is 1210. The molecule has 33 heavy (non-hydrogen) atoms. The van der Waals surface area contributed by atoms with Crippen LogP contribution >= 0.6 is 0 Å². The van der Waals surface area contributed by atoms with Gasteiger partial charge in [0.1, 0.15) is 17.7 Å². The molecule has 3 aromatic rings. The molecule has 8 nitrogen and oxygen atoms in total. The topological polar surface area (TPSA) is 105 Å². The predicted octanol–water partition coefficient (Wildman–Crippen LogP) is 4.46. The molecule has 2 heterocycles. The molecule has 2 aromatic heterocycles. The lowest BCUT2D eigenvalue weighted by Gasteiger charge is -2.13. The molecule has 0 aliphatic rings. The van der Waals surface area contributed by atoms with Gasteiger partial charge in [0, 0.05) is 41.7 Å². The Morgan fingerprint density at radius 2 is 1.91 bits per heavy atom. The third-order valence-corrected chi connectivity index (χ3v) is 5.41. The molecular weight excluding hydrogens is 416 g/mol. The van der Waals surface area contributed by atoms with Gasteiger partial charge in [-0.05, 0) is 69.2 Å². The zero-order valence-corrected chi connectivity index (χ0v) is 19.3. The Hall–Kier alpha value is -4.12. The monoisotopic (exact) mass is 444 g/mol. The molecule has 1 atom stereocenters. The van der Waals surface area contributed by atoms with Crippen molar-refractivity contribution in [3.05, 3.63) is 71.3 Å². The highest BCUT2D eigenvalue weighted by atomic mass is 16.2. The van der Waals surface area contributed by atoms with Gasteiger partial charge in [-0.25, -0.2) is 0 Å². The Morgan fingerprint density at radius 1 is 1.18 bits per heavy atom. The van der Waals surface area contributed by atoms with Gasteiger partial charge < -0.3 is 15.2 Å². The van der Waals surface area contributed by atoms with Gasteiger partial charge in [-0.15, -0.1) is 0 Å². The lowest BCUT2D eigenvalue weighted by Crippen LogP contribution is -2.24. The number of benzene rings is 1. The second-order valence-corrected chi connectivity index (χ2v) is 7.83. The van der Waals surface area contributed by atoms with Crippen LogP contribution in [0.2, 0.25) is 0 Å². The van der Waals surface area contributed by atoms with E-state index in [1.54, 1.807) is 60.4 Å². The fourth-order valence-corrected chi connectivity index (χ4v) is 3.60. The van der Waals surface area contributed by atoms with Crippen molar-refractivity contribution in [3.8, 4) is 6.07 Å². The van der Waals surface area contributed by atoms with E-state index >= 15 is 0 Å². The van der Waals surface area contributed by atoms with Crippen LogP contribution in [0.4, 0.5) is 11.4 Å². The first-order chi connectivity index (χ1) is 15.8. The second kappa shape index (κ2) is 10.5. The minimum absolute atomic E-state index is 0.00786. The molecule has 0 spiro atoms. The average molecular weight is 445 g/mol. The number of nitriles is 1. The van der Waals surface area contributed by atoms with Crippen LogP contribution in [0, 0.1) is 25.2 Å². The molecule has 8 heteroatoms. The highest BCUT2D eigenvalue weighted by Gasteiger charge is 2.16. The third-order valence-electron chi connectivity index (χ3n) is 5.41. The zero-order chi connectivity index (χ0) is 24.0. The molecule has 0 saturated heterocycles. The Morgan fingerprint density at radius 3 is 2.55 bits per heavy atom. The SMILES string of the molecule is CCCn1c(C)cc(/C=C(\C#N)C(=O)Nc2cccc(NC(=O)C(C)n3cccn3)c2)c1C. The average Bonchev–Trinajstić information content (AvgIpc) is 3.42. The number of carbonyl (C=O) groups excluding carboxylic acids is 2. The molecule has 170 valence electrons. The molecular formula is C25H28N6O2. The maximum absolute atomic E-state index is 12.8. The first-order valence-electron chi connectivity index (χ1n) is 10.8. The molecule has 0 fully saturated rings. The van der Waals surface area contributed by atoms with E-state index in [1.807, 2.05) is 26.0 Å². The fourth-order valence-electron chi connectivity index (χ4n) is 3.60.